The van der Waals surface area contributed by atoms with Gasteiger partial charge in [-0.25, -0.2) is 0 Å². The number of methoxy groups -OCH3 is 1. The molecule has 2 N–H and O–H groups in total. The highest BCUT2D eigenvalue weighted by Crippen LogP contribution is 2.23. The minimum atomic E-state index is -0.284. The zero-order valence-electron chi connectivity index (χ0n) is 15.1. The Kier molecular flexibility index (Phi) is 5.49. The predicted molar refractivity (Wildman–Crippen MR) is 99.2 cm³/mol. The summed E-state index contributed by atoms with van der Waals surface area (Å²) in [5, 5.41) is 19.2. The number of aromatic hydroxyl groups is 2. The minimum Gasteiger partial charge on any atom is -0.508 e. The first-order valence-electron chi connectivity index (χ1n) is 8.74. The number of phenolic OH excluding ortho intramolecular Hbond substituents is 2. The van der Waals surface area contributed by atoms with Crippen molar-refractivity contribution >= 4 is 11.8 Å². The number of amides is 2. The third-order valence-electron chi connectivity index (χ3n) is 4.56. The molecule has 142 valence electrons. The molecule has 7 heteroatoms. The largest absolute Gasteiger partial charge is 0.508 e. The van der Waals surface area contributed by atoms with Crippen LogP contribution in [0, 0.1) is 0 Å². The summed E-state index contributed by atoms with van der Waals surface area (Å²) in [5.41, 5.74) is 0.717. The molecule has 2 amide bonds. The van der Waals surface area contributed by atoms with Gasteiger partial charge in [-0.3, -0.25) is 9.59 Å². The lowest BCUT2D eigenvalue weighted by Gasteiger charge is -2.23. The maximum Gasteiger partial charge on any atom is 0.257 e. The number of hydrogen-bond acceptors (Lipinski definition) is 5. The van der Waals surface area contributed by atoms with Gasteiger partial charge in [-0.2, -0.15) is 0 Å². The third kappa shape index (κ3) is 4.13. The van der Waals surface area contributed by atoms with Crippen molar-refractivity contribution in [2.75, 3.05) is 33.3 Å². The van der Waals surface area contributed by atoms with E-state index in [9.17, 15) is 19.8 Å². The van der Waals surface area contributed by atoms with Gasteiger partial charge in [0, 0.05) is 37.8 Å². The Balaban J connectivity index is 1.71. The molecule has 0 aliphatic carbocycles. The number of rotatable bonds is 3. The van der Waals surface area contributed by atoms with E-state index in [0.717, 1.165) is 0 Å². The van der Waals surface area contributed by atoms with Gasteiger partial charge in [0.2, 0.25) is 0 Å². The second-order valence-electron chi connectivity index (χ2n) is 6.38. The summed E-state index contributed by atoms with van der Waals surface area (Å²) in [6, 6.07) is 10.9. The smallest absolute Gasteiger partial charge is 0.257 e. The Labute approximate surface area is 157 Å². The van der Waals surface area contributed by atoms with Crippen molar-refractivity contribution in [3.05, 3.63) is 53.6 Å². The average Bonchev–Trinajstić information content (AvgIpc) is 2.92. The van der Waals surface area contributed by atoms with Crippen LogP contribution in [0.15, 0.2) is 42.5 Å². The summed E-state index contributed by atoms with van der Waals surface area (Å²) in [5.74, 6) is -0.221. The maximum atomic E-state index is 12.8. The number of carbonyl (C=O) groups is 2. The first-order valence-corrected chi connectivity index (χ1v) is 8.74. The van der Waals surface area contributed by atoms with E-state index in [0.29, 0.717) is 43.9 Å². The van der Waals surface area contributed by atoms with E-state index in [2.05, 4.69) is 0 Å². The van der Waals surface area contributed by atoms with Gasteiger partial charge in [-0.1, -0.05) is 12.1 Å². The summed E-state index contributed by atoms with van der Waals surface area (Å²) < 4.78 is 5.27. The fraction of sp³-hybridized carbons (Fsp3) is 0.300. The monoisotopic (exact) mass is 370 g/mol. The number of phenols is 2. The van der Waals surface area contributed by atoms with Crippen LogP contribution in [0.3, 0.4) is 0 Å². The maximum absolute atomic E-state index is 12.8. The summed E-state index contributed by atoms with van der Waals surface area (Å²) in [6.07, 6.45) is 0.636. The lowest BCUT2D eigenvalue weighted by atomic mass is 10.1. The van der Waals surface area contributed by atoms with Crippen LogP contribution >= 0.6 is 0 Å². The minimum absolute atomic E-state index is 0.128. The highest BCUT2D eigenvalue weighted by atomic mass is 16.5. The van der Waals surface area contributed by atoms with Crippen molar-refractivity contribution in [3.63, 3.8) is 0 Å². The van der Waals surface area contributed by atoms with Crippen molar-refractivity contribution in [1.82, 2.24) is 9.80 Å². The summed E-state index contributed by atoms with van der Waals surface area (Å²) in [4.78, 5) is 28.9. The average molecular weight is 370 g/mol. The summed E-state index contributed by atoms with van der Waals surface area (Å²) >= 11 is 0. The second-order valence-corrected chi connectivity index (χ2v) is 6.38. The Bertz CT molecular complexity index is 832. The van der Waals surface area contributed by atoms with E-state index in [4.69, 9.17) is 4.74 Å². The van der Waals surface area contributed by atoms with Gasteiger partial charge in [0.15, 0.2) is 0 Å². The molecule has 0 bridgehead atoms. The zero-order valence-corrected chi connectivity index (χ0v) is 15.1. The topological polar surface area (TPSA) is 90.3 Å². The van der Waals surface area contributed by atoms with Crippen molar-refractivity contribution in [1.29, 1.82) is 0 Å². The van der Waals surface area contributed by atoms with Crippen LogP contribution in [0.25, 0.3) is 0 Å². The van der Waals surface area contributed by atoms with E-state index < -0.39 is 0 Å². The van der Waals surface area contributed by atoms with Gasteiger partial charge >= 0.3 is 0 Å². The molecule has 27 heavy (non-hydrogen) atoms. The van der Waals surface area contributed by atoms with Gasteiger partial charge in [-0.05, 0) is 30.7 Å². The highest BCUT2D eigenvalue weighted by Gasteiger charge is 2.25. The first kappa shape index (κ1) is 18.6. The highest BCUT2D eigenvalue weighted by molar-refractivity contribution is 5.97. The van der Waals surface area contributed by atoms with Gasteiger partial charge in [0.1, 0.15) is 17.2 Å². The van der Waals surface area contributed by atoms with E-state index in [-0.39, 0.29) is 28.9 Å². The second kappa shape index (κ2) is 7.99. The summed E-state index contributed by atoms with van der Waals surface area (Å²) in [6.45, 7) is 1.79. The first-order chi connectivity index (χ1) is 13.0. The quantitative estimate of drug-likeness (QED) is 0.863. The fourth-order valence-electron chi connectivity index (χ4n) is 3.22. The van der Waals surface area contributed by atoms with Gasteiger partial charge in [0.05, 0.1) is 12.7 Å². The Morgan fingerprint density at radius 2 is 1.48 bits per heavy atom. The summed E-state index contributed by atoms with van der Waals surface area (Å²) in [7, 11) is 1.53. The number of benzene rings is 2. The molecule has 0 aromatic heterocycles. The molecule has 7 nitrogen and oxygen atoms in total. The Hall–Kier alpha value is -3.22. The molecular formula is C20H22N2O5. The van der Waals surface area contributed by atoms with Crippen LogP contribution in [0.4, 0.5) is 0 Å². The van der Waals surface area contributed by atoms with Crippen LogP contribution in [0.2, 0.25) is 0 Å². The van der Waals surface area contributed by atoms with Crippen LogP contribution in [0.5, 0.6) is 17.2 Å². The van der Waals surface area contributed by atoms with Crippen LogP contribution < -0.4 is 4.74 Å². The Morgan fingerprint density at radius 3 is 2.11 bits per heavy atom. The van der Waals surface area contributed by atoms with Crippen molar-refractivity contribution in [2.45, 2.75) is 6.42 Å². The molecule has 1 saturated heterocycles. The molecule has 0 unspecified atom stereocenters. The van der Waals surface area contributed by atoms with Crippen molar-refractivity contribution < 1.29 is 24.5 Å². The van der Waals surface area contributed by atoms with E-state index in [1.807, 2.05) is 6.07 Å². The molecule has 0 radical (unpaired) electrons. The zero-order chi connectivity index (χ0) is 19.4. The van der Waals surface area contributed by atoms with Crippen LogP contribution in [-0.2, 0) is 0 Å². The predicted octanol–water partition coefficient (Wildman–Crippen LogP) is 2.09. The molecule has 0 atom stereocenters. The van der Waals surface area contributed by atoms with Gasteiger partial charge < -0.3 is 24.7 Å². The fourth-order valence-corrected chi connectivity index (χ4v) is 3.22. The number of nitrogens with zero attached hydrogens (tertiary/aromatic N) is 2. The molecule has 1 fully saturated rings. The molecule has 2 aromatic rings. The normalized spacial score (nSPS) is 14.6. The molecule has 1 aliphatic rings. The number of para-hydroxylation sites is 1. The number of hydrogen-bond donors (Lipinski definition) is 2. The molecule has 1 aliphatic heterocycles. The van der Waals surface area contributed by atoms with E-state index in [1.54, 1.807) is 28.0 Å². The molecule has 3 rings (SSSR count). The number of carbonyl (C=O) groups excluding carboxylic acids is 2. The van der Waals surface area contributed by atoms with E-state index >= 15 is 0 Å². The lowest BCUT2D eigenvalue weighted by Crippen LogP contribution is -2.37. The molecule has 0 spiro atoms. The third-order valence-corrected chi connectivity index (χ3v) is 4.56. The van der Waals surface area contributed by atoms with Gasteiger partial charge in [-0.15, -0.1) is 0 Å². The standard InChI is InChI=1S/C20H22N2O5/c1-27-18-6-3-2-5-17(18)20(26)22-8-4-7-21(9-10-22)19(25)14-11-15(23)13-16(24)12-14/h2-3,5-6,11-13,23-24H,4,7-10H2,1H3. The molecule has 2 aromatic carbocycles. The Morgan fingerprint density at radius 1 is 0.889 bits per heavy atom. The SMILES string of the molecule is COc1ccccc1C(=O)N1CCCN(C(=O)c2cc(O)cc(O)c2)CC1. The molecular weight excluding hydrogens is 348 g/mol. The molecule has 1 heterocycles. The van der Waals surface area contributed by atoms with Crippen molar-refractivity contribution in [3.8, 4) is 17.2 Å². The molecule has 0 saturated carbocycles. The van der Waals surface area contributed by atoms with E-state index in [1.165, 1.54) is 25.3 Å². The van der Waals surface area contributed by atoms with Gasteiger partial charge in [0.25, 0.3) is 11.8 Å². The number of ether oxygens (including phenoxy) is 1. The lowest BCUT2D eigenvalue weighted by molar-refractivity contribution is 0.0716. The van der Waals surface area contributed by atoms with Crippen LogP contribution in [0.1, 0.15) is 27.1 Å². The van der Waals surface area contributed by atoms with Crippen molar-refractivity contribution in [2.24, 2.45) is 0 Å². The van der Waals surface area contributed by atoms with Crippen LogP contribution in [-0.4, -0.2) is 65.1 Å².